The summed E-state index contributed by atoms with van der Waals surface area (Å²) in [7, 11) is 0. The van der Waals surface area contributed by atoms with Gasteiger partial charge < -0.3 is 5.32 Å². The van der Waals surface area contributed by atoms with Crippen molar-refractivity contribution in [3.05, 3.63) is 35.9 Å². The van der Waals surface area contributed by atoms with Gasteiger partial charge in [0.25, 0.3) is 0 Å². The van der Waals surface area contributed by atoms with Gasteiger partial charge in [-0.1, -0.05) is 37.3 Å². The van der Waals surface area contributed by atoms with E-state index in [-0.39, 0.29) is 11.8 Å². The molecule has 1 aromatic carbocycles. The van der Waals surface area contributed by atoms with Crippen molar-refractivity contribution < 1.29 is 4.79 Å². The number of aliphatic imine (C=N–C) groups is 1. The Labute approximate surface area is 103 Å². The summed E-state index contributed by atoms with van der Waals surface area (Å²) >= 11 is 0. The molecule has 0 aliphatic rings. The molecule has 0 bridgehead atoms. The van der Waals surface area contributed by atoms with Crippen LogP contribution < -0.4 is 5.32 Å². The summed E-state index contributed by atoms with van der Waals surface area (Å²) in [4.78, 5) is 16.2. The van der Waals surface area contributed by atoms with Gasteiger partial charge in [-0.15, -0.1) is 0 Å². The largest absolute Gasteiger partial charge is 0.360 e. The summed E-state index contributed by atoms with van der Waals surface area (Å²) in [5.41, 5.74) is 0.991. The smallest absolute Gasteiger partial charge is 0.159 e. The maximum atomic E-state index is 11.9. The standard InChI is InChI=1S/C14H20N2O/c1-4-13(17)14(16-11(3)15-5-2)12-9-7-6-8-10-12/h6-10,14H,4-5H2,1-3H3,(H,15,16). The molecule has 0 saturated carbocycles. The van der Waals surface area contributed by atoms with Crippen LogP contribution in [0.2, 0.25) is 0 Å². The van der Waals surface area contributed by atoms with Crippen LogP contribution in [0.25, 0.3) is 0 Å². The molecule has 1 unspecified atom stereocenters. The average Bonchev–Trinajstić information content (AvgIpc) is 2.36. The zero-order chi connectivity index (χ0) is 12.7. The highest BCUT2D eigenvalue weighted by Gasteiger charge is 2.18. The minimum Gasteiger partial charge on any atom is -0.360 e. The fourth-order valence-electron chi connectivity index (χ4n) is 1.69. The second kappa shape index (κ2) is 6.84. The van der Waals surface area contributed by atoms with Crippen LogP contribution in [-0.2, 0) is 4.79 Å². The molecule has 0 amide bonds. The van der Waals surface area contributed by atoms with Gasteiger partial charge in [-0.2, -0.15) is 0 Å². The van der Waals surface area contributed by atoms with Gasteiger partial charge in [0.2, 0.25) is 0 Å². The molecular formula is C14H20N2O. The Morgan fingerprint density at radius 2 is 1.94 bits per heavy atom. The van der Waals surface area contributed by atoms with Gasteiger partial charge in [0.05, 0.1) is 5.84 Å². The second-order valence-corrected chi connectivity index (χ2v) is 3.87. The van der Waals surface area contributed by atoms with Crippen LogP contribution in [0.3, 0.4) is 0 Å². The van der Waals surface area contributed by atoms with Gasteiger partial charge in [0.1, 0.15) is 6.04 Å². The number of amidine groups is 1. The van der Waals surface area contributed by atoms with Crippen molar-refractivity contribution in [2.45, 2.75) is 33.2 Å². The molecule has 0 radical (unpaired) electrons. The highest BCUT2D eigenvalue weighted by Crippen LogP contribution is 2.15. The number of Topliss-reactive ketones (excluding diaryl/α,β-unsaturated/α-hetero) is 1. The first-order valence-electron chi connectivity index (χ1n) is 6.04. The lowest BCUT2D eigenvalue weighted by atomic mass is 10.0. The predicted molar refractivity (Wildman–Crippen MR) is 71.3 cm³/mol. The number of hydrogen-bond acceptors (Lipinski definition) is 2. The topological polar surface area (TPSA) is 41.5 Å². The molecule has 1 atom stereocenters. The molecule has 1 rings (SSSR count). The van der Waals surface area contributed by atoms with E-state index < -0.39 is 0 Å². The molecule has 0 saturated heterocycles. The number of nitrogens with zero attached hydrogens (tertiary/aromatic N) is 1. The van der Waals surface area contributed by atoms with Gasteiger partial charge in [-0.05, 0) is 19.4 Å². The first-order chi connectivity index (χ1) is 8.19. The molecule has 1 N–H and O–H groups in total. The van der Waals surface area contributed by atoms with Crippen LogP contribution in [0.15, 0.2) is 35.3 Å². The van der Waals surface area contributed by atoms with E-state index in [1.807, 2.05) is 51.1 Å². The van der Waals surface area contributed by atoms with Gasteiger partial charge in [0.15, 0.2) is 5.78 Å². The number of nitrogens with one attached hydrogen (secondary N) is 1. The number of benzene rings is 1. The molecular weight excluding hydrogens is 212 g/mol. The van der Waals surface area contributed by atoms with E-state index in [0.29, 0.717) is 6.42 Å². The Hall–Kier alpha value is -1.64. The molecule has 0 heterocycles. The lowest BCUT2D eigenvalue weighted by molar-refractivity contribution is -0.120. The molecule has 3 nitrogen and oxygen atoms in total. The fourth-order valence-corrected chi connectivity index (χ4v) is 1.69. The molecule has 1 aromatic rings. The monoisotopic (exact) mass is 232 g/mol. The van der Waals surface area contributed by atoms with E-state index in [9.17, 15) is 4.79 Å². The van der Waals surface area contributed by atoms with Crippen LogP contribution in [0.5, 0.6) is 0 Å². The highest BCUT2D eigenvalue weighted by atomic mass is 16.1. The number of rotatable bonds is 5. The molecule has 0 aromatic heterocycles. The zero-order valence-corrected chi connectivity index (χ0v) is 10.7. The van der Waals surface area contributed by atoms with Crippen molar-refractivity contribution in [1.82, 2.24) is 5.32 Å². The molecule has 0 spiro atoms. The Morgan fingerprint density at radius 1 is 1.29 bits per heavy atom. The van der Waals surface area contributed by atoms with Crippen LogP contribution >= 0.6 is 0 Å². The molecule has 17 heavy (non-hydrogen) atoms. The summed E-state index contributed by atoms with van der Waals surface area (Å²) in [5.74, 6) is 0.991. The van der Waals surface area contributed by atoms with Crippen LogP contribution in [-0.4, -0.2) is 18.2 Å². The third-order valence-electron chi connectivity index (χ3n) is 2.55. The molecule has 92 valence electrons. The Kier molecular flexibility index (Phi) is 5.40. The SMILES string of the molecule is CCN=C(C)NC(C(=O)CC)c1ccccc1. The summed E-state index contributed by atoms with van der Waals surface area (Å²) in [5, 5.41) is 3.19. The van der Waals surface area contributed by atoms with Crippen molar-refractivity contribution in [3.63, 3.8) is 0 Å². The fraction of sp³-hybridized carbons (Fsp3) is 0.429. The van der Waals surface area contributed by atoms with E-state index in [1.54, 1.807) is 0 Å². The summed E-state index contributed by atoms with van der Waals surface area (Å²) < 4.78 is 0. The molecule has 0 aliphatic carbocycles. The van der Waals surface area contributed by atoms with E-state index >= 15 is 0 Å². The van der Waals surface area contributed by atoms with Crippen molar-refractivity contribution in [2.24, 2.45) is 4.99 Å². The highest BCUT2D eigenvalue weighted by molar-refractivity contribution is 5.90. The first kappa shape index (κ1) is 13.4. The van der Waals surface area contributed by atoms with E-state index in [1.165, 1.54) is 0 Å². The number of carbonyl (C=O) groups excluding carboxylic acids is 1. The van der Waals surface area contributed by atoms with Crippen LogP contribution in [0.1, 0.15) is 38.8 Å². The van der Waals surface area contributed by atoms with Crippen molar-refractivity contribution in [2.75, 3.05) is 6.54 Å². The molecule has 0 fully saturated rings. The molecule has 0 aliphatic heterocycles. The Bertz CT molecular complexity index is 384. The third kappa shape index (κ3) is 4.02. The summed E-state index contributed by atoms with van der Waals surface area (Å²) in [6, 6.07) is 9.48. The van der Waals surface area contributed by atoms with Crippen LogP contribution in [0, 0.1) is 0 Å². The van der Waals surface area contributed by atoms with Gasteiger partial charge in [0, 0.05) is 13.0 Å². The van der Waals surface area contributed by atoms with Crippen molar-refractivity contribution >= 4 is 11.6 Å². The number of ketones is 1. The van der Waals surface area contributed by atoms with Gasteiger partial charge >= 0.3 is 0 Å². The second-order valence-electron chi connectivity index (χ2n) is 3.87. The quantitative estimate of drug-likeness (QED) is 0.626. The average molecular weight is 232 g/mol. The van der Waals surface area contributed by atoms with Gasteiger partial charge in [-0.3, -0.25) is 9.79 Å². The normalized spacial score (nSPS) is 13.2. The number of carbonyl (C=O) groups is 1. The third-order valence-corrected chi connectivity index (χ3v) is 2.55. The summed E-state index contributed by atoms with van der Waals surface area (Å²) in [6.07, 6.45) is 0.520. The van der Waals surface area contributed by atoms with E-state index in [4.69, 9.17) is 0 Å². The minimum atomic E-state index is -0.281. The lowest BCUT2D eigenvalue weighted by Gasteiger charge is -2.18. The number of hydrogen-bond donors (Lipinski definition) is 1. The van der Waals surface area contributed by atoms with Crippen LogP contribution in [0.4, 0.5) is 0 Å². The Balaban J connectivity index is 2.89. The lowest BCUT2D eigenvalue weighted by Crippen LogP contribution is -2.32. The van der Waals surface area contributed by atoms with E-state index in [2.05, 4.69) is 10.3 Å². The zero-order valence-electron chi connectivity index (χ0n) is 10.7. The predicted octanol–water partition coefficient (Wildman–Crippen LogP) is 2.73. The first-order valence-corrected chi connectivity index (χ1v) is 6.04. The maximum absolute atomic E-state index is 11.9. The van der Waals surface area contributed by atoms with Crippen molar-refractivity contribution in [1.29, 1.82) is 0 Å². The molecule has 3 heteroatoms. The van der Waals surface area contributed by atoms with Gasteiger partial charge in [-0.25, -0.2) is 0 Å². The minimum absolute atomic E-state index is 0.182. The summed E-state index contributed by atoms with van der Waals surface area (Å²) in [6.45, 7) is 6.47. The van der Waals surface area contributed by atoms with Crippen molar-refractivity contribution in [3.8, 4) is 0 Å². The Morgan fingerprint density at radius 3 is 2.47 bits per heavy atom. The van der Waals surface area contributed by atoms with E-state index in [0.717, 1.165) is 17.9 Å². The maximum Gasteiger partial charge on any atom is 0.159 e.